The van der Waals surface area contributed by atoms with Gasteiger partial charge >= 0.3 is 11.9 Å². The SMILES string of the molecule is O=C(O)CCCCCCC(=O)N/N=C/c1ccc(CN2C(=O)CC/C=C/CCC(=O)OC[C@@H]2c2ccccc2)cc1. The van der Waals surface area contributed by atoms with Crippen LogP contribution in [0.2, 0.25) is 0 Å². The molecule has 218 valence electrons. The molecule has 2 aromatic carbocycles. The first-order valence-corrected chi connectivity index (χ1v) is 14.2. The van der Waals surface area contributed by atoms with Crippen molar-refractivity contribution in [2.45, 2.75) is 76.8 Å². The number of ether oxygens (including phenoxy) is 1. The number of carbonyl (C=O) groups is 4. The number of amides is 2. The van der Waals surface area contributed by atoms with E-state index in [1.165, 1.54) is 0 Å². The summed E-state index contributed by atoms with van der Waals surface area (Å²) < 4.78 is 5.59. The highest BCUT2D eigenvalue weighted by molar-refractivity contribution is 5.82. The first-order valence-electron chi connectivity index (χ1n) is 14.2. The summed E-state index contributed by atoms with van der Waals surface area (Å²) in [5, 5.41) is 12.7. The van der Waals surface area contributed by atoms with Crippen molar-refractivity contribution in [3.63, 3.8) is 0 Å². The number of cyclic esters (lactones) is 1. The van der Waals surface area contributed by atoms with Gasteiger partial charge in [-0.2, -0.15) is 5.10 Å². The van der Waals surface area contributed by atoms with Crippen LogP contribution >= 0.6 is 0 Å². The third-order valence-corrected chi connectivity index (χ3v) is 6.77. The molecule has 1 aliphatic heterocycles. The lowest BCUT2D eigenvalue weighted by atomic mass is 10.0. The minimum atomic E-state index is -0.797. The van der Waals surface area contributed by atoms with Crippen molar-refractivity contribution in [1.29, 1.82) is 0 Å². The second-order valence-corrected chi connectivity index (χ2v) is 10.0. The summed E-state index contributed by atoms with van der Waals surface area (Å²) >= 11 is 0. The molecular formula is C32H39N3O6. The maximum atomic E-state index is 13.4. The Kier molecular flexibility index (Phi) is 13.3. The van der Waals surface area contributed by atoms with E-state index >= 15 is 0 Å². The summed E-state index contributed by atoms with van der Waals surface area (Å²) in [4.78, 5) is 50.0. The number of esters is 1. The number of carbonyl (C=O) groups excluding carboxylic acids is 3. The van der Waals surface area contributed by atoms with Gasteiger partial charge in [0.2, 0.25) is 11.8 Å². The molecule has 1 heterocycles. The van der Waals surface area contributed by atoms with Crippen molar-refractivity contribution in [3.05, 3.63) is 83.4 Å². The van der Waals surface area contributed by atoms with E-state index in [1.807, 2.05) is 66.7 Å². The molecule has 0 bridgehead atoms. The predicted octanol–water partition coefficient (Wildman–Crippen LogP) is 5.31. The van der Waals surface area contributed by atoms with Crippen LogP contribution in [0.15, 0.2) is 71.9 Å². The van der Waals surface area contributed by atoms with E-state index in [0.717, 1.165) is 29.5 Å². The van der Waals surface area contributed by atoms with Gasteiger partial charge in [-0.25, -0.2) is 5.43 Å². The van der Waals surface area contributed by atoms with Crippen molar-refractivity contribution >= 4 is 30.0 Å². The van der Waals surface area contributed by atoms with E-state index in [2.05, 4.69) is 10.5 Å². The van der Waals surface area contributed by atoms with E-state index < -0.39 is 12.0 Å². The molecule has 0 aliphatic carbocycles. The normalized spacial score (nSPS) is 17.4. The fourth-order valence-corrected chi connectivity index (χ4v) is 4.50. The number of unbranched alkanes of at least 4 members (excludes halogenated alkanes) is 3. The third kappa shape index (κ3) is 11.8. The van der Waals surface area contributed by atoms with E-state index in [0.29, 0.717) is 51.5 Å². The average Bonchev–Trinajstić information content (AvgIpc) is 2.96. The number of aliphatic carboxylic acids is 1. The van der Waals surface area contributed by atoms with Gasteiger partial charge in [0.05, 0.1) is 12.3 Å². The average molecular weight is 562 g/mol. The first kappa shape index (κ1) is 31.3. The molecule has 1 atom stereocenters. The largest absolute Gasteiger partial charge is 0.481 e. The van der Waals surface area contributed by atoms with Gasteiger partial charge in [-0.05, 0) is 42.4 Å². The molecule has 0 radical (unpaired) electrons. The van der Waals surface area contributed by atoms with Crippen molar-refractivity contribution < 1.29 is 29.0 Å². The molecule has 1 aliphatic rings. The Labute approximate surface area is 241 Å². The van der Waals surface area contributed by atoms with E-state index in [1.54, 1.807) is 11.1 Å². The highest BCUT2D eigenvalue weighted by atomic mass is 16.5. The van der Waals surface area contributed by atoms with Crippen LogP contribution < -0.4 is 5.43 Å². The van der Waals surface area contributed by atoms with Crippen LogP contribution in [-0.2, 0) is 30.5 Å². The second-order valence-electron chi connectivity index (χ2n) is 10.0. The van der Waals surface area contributed by atoms with Crippen LogP contribution in [0.25, 0.3) is 0 Å². The number of hydrogen-bond acceptors (Lipinski definition) is 6. The Balaban J connectivity index is 1.60. The van der Waals surface area contributed by atoms with Gasteiger partial charge in [-0.3, -0.25) is 19.2 Å². The van der Waals surface area contributed by atoms with E-state index in [4.69, 9.17) is 9.84 Å². The summed E-state index contributed by atoms with van der Waals surface area (Å²) in [6.45, 7) is 0.436. The van der Waals surface area contributed by atoms with Gasteiger partial charge in [0.25, 0.3) is 0 Å². The quantitative estimate of drug-likeness (QED) is 0.119. The fourth-order valence-electron chi connectivity index (χ4n) is 4.50. The number of rotatable bonds is 12. The molecular weight excluding hydrogens is 522 g/mol. The molecule has 9 heteroatoms. The van der Waals surface area contributed by atoms with Crippen LogP contribution in [0.3, 0.4) is 0 Å². The van der Waals surface area contributed by atoms with Crippen molar-refractivity contribution in [3.8, 4) is 0 Å². The van der Waals surface area contributed by atoms with Gasteiger partial charge < -0.3 is 14.7 Å². The van der Waals surface area contributed by atoms with Crippen LogP contribution in [0.1, 0.15) is 86.9 Å². The van der Waals surface area contributed by atoms with Crippen molar-refractivity contribution in [1.82, 2.24) is 10.3 Å². The van der Waals surface area contributed by atoms with E-state index in [-0.39, 0.29) is 30.8 Å². The summed E-state index contributed by atoms with van der Waals surface area (Å²) in [6.07, 6.45) is 10.7. The molecule has 0 saturated carbocycles. The summed E-state index contributed by atoms with van der Waals surface area (Å²) in [5.41, 5.74) is 5.13. The summed E-state index contributed by atoms with van der Waals surface area (Å²) in [5.74, 6) is -1.29. The minimum absolute atomic E-state index is 0.0182. The number of carboxylic acid groups (broad SMARTS) is 1. The van der Waals surface area contributed by atoms with Gasteiger partial charge in [0, 0.05) is 32.2 Å². The molecule has 0 spiro atoms. The van der Waals surface area contributed by atoms with Crippen LogP contribution in [0.5, 0.6) is 0 Å². The van der Waals surface area contributed by atoms with Crippen molar-refractivity contribution in [2.24, 2.45) is 5.10 Å². The lowest BCUT2D eigenvalue weighted by molar-refractivity contribution is -0.149. The van der Waals surface area contributed by atoms with Gasteiger partial charge in [0.15, 0.2) is 0 Å². The second kappa shape index (κ2) is 17.4. The first-order chi connectivity index (χ1) is 19.9. The standard InChI is InChI=1S/C32H39N3O6/c36-29(14-8-1-3-10-16-31(38)39)34-33-22-25-18-20-26(21-19-25)23-35-28(27-12-6-5-7-13-27)24-41-32(40)17-11-4-2-9-15-30(35)37/h2,4-7,12-13,18-22,28H,1,3,8-11,14-17,23-24H2,(H,34,36)(H,38,39)/b4-2+,33-22+/t28-/m1/s1. The number of nitrogens with one attached hydrogen (secondary N) is 1. The monoisotopic (exact) mass is 561 g/mol. The smallest absolute Gasteiger partial charge is 0.306 e. The zero-order valence-corrected chi connectivity index (χ0v) is 23.4. The number of allylic oxidation sites excluding steroid dienone is 2. The number of nitrogens with zero attached hydrogens (tertiary/aromatic N) is 2. The Bertz CT molecular complexity index is 1190. The Morgan fingerprint density at radius 2 is 1.61 bits per heavy atom. The molecule has 2 aromatic rings. The van der Waals surface area contributed by atoms with Gasteiger partial charge in [-0.15, -0.1) is 0 Å². The van der Waals surface area contributed by atoms with Gasteiger partial charge in [-0.1, -0.05) is 79.6 Å². The highest BCUT2D eigenvalue weighted by Crippen LogP contribution is 2.26. The molecule has 0 unspecified atom stereocenters. The topological polar surface area (TPSA) is 125 Å². The molecule has 2 amide bonds. The Hall–Kier alpha value is -4.27. The maximum absolute atomic E-state index is 13.4. The number of hydrazone groups is 1. The van der Waals surface area contributed by atoms with Crippen molar-refractivity contribution in [2.75, 3.05) is 6.61 Å². The summed E-state index contributed by atoms with van der Waals surface area (Å²) in [7, 11) is 0. The van der Waals surface area contributed by atoms with Crippen LogP contribution in [0.4, 0.5) is 0 Å². The fraction of sp³-hybridized carbons (Fsp3) is 0.406. The Morgan fingerprint density at radius 1 is 0.927 bits per heavy atom. The van der Waals surface area contributed by atoms with Crippen LogP contribution in [0, 0.1) is 0 Å². The maximum Gasteiger partial charge on any atom is 0.306 e. The molecule has 41 heavy (non-hydrogen) atoms. The van der Waals surface area contributed by atoms with Gasteiger partial charge in [0.1, 0.15) is 6.61 Å². The minimum Gasteiger partial charge on any atom is -0.481 e. The molecule has 2 N–H and O–H groups in total. The highest BCUT2D eigenvalue weighted by Gasteiger charge is 2.26. The zero-order valence-electron chi connectivity index (χ0n) is 23.4. The molecule has 3 rings (SSSR count). The molecule has 0 fully saturated rings. The zero-order chi connectivity index (χ0) is 29.3. The molecule has 0 aromatic heterocycles. The number of carboxylic acids is 1. The summed E-state index contributed by atoms with van der Waals surface area (Å²) in [6, 6.07) is 16.8. The number of benzene rings is 2. The number of hydrogen-bond donors (Lipinski definition) is 2. The third-order valence-electron chi connectivity index (χ3n) is 6.77. The lowest BCUT2D eigenvalue weighted by Crippen LogP contribution is -2.37. The molecule has 9 nitrogen and oxygen atoms in total. The lowest BCUT2D eigenvalue weighted by Gasteiger charge is -2.32. The van der Waals surface area contributed by atoms with Crippen LogP contribution in [-0.4, -0.2) is 46.6 Å². The predicted molar refractivity (Wildman–Crippen MR) is 156 cm³/mol. The molecule has 0 saturated heterocycles. The van der Waals surface area contributed by atoms with E-state index in [9.17, 15) is 19.2 Å². The Morgan fingerprint density at radius 3 is 2.32 bits per heavy atom.